The van der Waals surface area contributed by atoms with Crippen LogP contribution in [-0.2, 0) is 19.3 Å². The normalized spacial score (nSPS) is 44.1. The largest absolute Gasteiger partial charge is 0.469 e. The predicted molar refractivity (Wildman–Crippen MR) is 115 cm³/mol. The van der Waals surface area contributed by atoms with Gasteiger partial charge in [0.1, 0.15) is 11.7 Å². The lowest BCUT2D eigenvalue weighted by Crippen LogP contribution is -2.51. The maximum absolute atomic E-state index is 11.8. The second-order valence-electron chi connectivity index (χ2n) is 10.9. The lowest BCUT2D eigenvalue weighted by atomic mass is 9.46. The number of hydrogen-bond donors (Lipinski definition) is 0. The van der Waals surface area contributed by atoms with Crippen molar-refractivity contribution in [3.63, 3.8) is 0 Å². The smallest absolute Gasteiger partial charge is 0.311 e. The minimum atomic E-state index is -0.297. The monoisotopic (exact) mass is 406 g/mol. The average molecular weight is 407 g/mol. The molecule has 0 aromatic heterocycles. The Morgan fingerprint density at radius 3 is 2.55 bits per heavy atom. The standard InChI is InChI=1S/C25H42O4/c1-17-9-8-10-21-24(17,5)14-11-18(2)25(21,6)16-15-23(4)13-12-20(28-29-23)19(3)22(26)27-7/h18-21H,1,8-16H2,2-7H3/t18-,19+,20+,21+,23+,24+,25+/m0/s1. The quantitative estimate of drug-likeness (QED) is 0.308. The third-order valence-corrected chi connectivity index (χ3v) is 9.22. The molecule has 4 nitrogen and oxygen atoms in total. The molecule has 1 aliphatic heterocycles. The third-order valence-electron chi connectivity index (χ3n) is 9.22. The molecule has 2 saturated carbocycles. The zero-order chi connectivity index (χ0) is 21.4. The molecule has 3 aliphatic rings. The van der Waals surface area contributed by atoms with Gasteiger partial charge in [0, 0.05) is 0 Å². The summed E-state index contributed by atoms with van der Waals surface area (Å²) in [5.74, 6) is 0.892. The van der Waals surface area contributed by atoms with Crippen LogP contribution < -0.4 is 0 Å². The molecule has 0 spiro atoms. The Morgan fingerprint density at radius 2 is 1.93 bits per heavy atom. The molecule has 0 aromatic carbocycles. The summed E-state index contributed by atoms with van der Waals surface area (Å²) in [7, 11) is 1.42. The van der Waals surface area contributed by atoms with E-state index in [-0.39, 0.29) is 23.6 Å². The van der Waals surface area contributed by atoms with Crippen molar-refractivity contribution in [3.8, 4) is 0 Å². The van der Waals surface area contributed by atoms with Crippen molar-refractivity contribution >= 4 is 5.97 Å². The molecule has 0 bridgehead atoms. The fourth-order valence-corrected chi connectivity index (χ4v) is 6.48. The fraction of sp³-hybridized carbons (Fsp3) is 0.880. The third kappa shape index (κ3) is 4.17. The van der Waals surface area contributed by atoms with Crippen molar-refractivity contribution < 1.29 is 19.3 Å². The lowest BCUT2D eigenvalue weighted by molar-refractivity contribution is -0.412. The molecule has 29 heavy (non-hydrogen) atoms. The van der Waals surface area contributed by atoms with Crippen molar-refractivity contribution in [1.82, 2.24) is 0 Å². The first-order chi connectivity index (χ1) is 13.6. The molecular formula is C25H42O4. The number of ether oxygens (including phenoxy) is 1. The van der Waals surface area contributed by atoms with Gasteiger partial charge in [0.25, 0.3) is 0 Å². The van der Waals surface area contributed by atoms with E-state index in [1.54, 1.807) is 0 Å². The Balaban J connectivity index is 1.65. The molecule has 2 aliphatic carbocycles. The topological polar surface area (TPSA) is 44.8 Å². The van der Waals surface area contributed by atoms with Crippen LogP contribution in [0.2, 0.25) is 0 Å². The highest BCUT2D eigenvalue weighted by molar-refractivity contribution is 5.72. The van der Waals surface area contributed by atoms with E-state index in [1.165, 1.54) is 44.8 Å². The molecule has 166 valence electrons. The summed E-state index contributed by atoms with van der Waals surface area (Å²) in [5.41, 5.74) is 1.80. The van der Waals surface area contributed by atoms with Gasteiger partial charge in [-0.25, -0.2) is 9.78 Å². The molecule has 1 saturated heterocycles. The maximum Gasteiger partial charge on any atom is 0.311 e. The van der Waals surface area contributed by atoms with Gasteiger partial charge in [0.2, 0.25) is 0 Å². The first-order valence-electron chi connectivity index (χ1n) is 11.7. The first kappa shape index (κ1) is 22.8. The van der Waals surface area contributed by atoms with E-state index in [0.717, 1.165) is 25.7 Å². The minimum Gasteiger partial charge on any atom is -0.469 e. The van der Waals surface area contributed by atoms with Gasteiger partial charge < -0.3 is 4.74 Å². The van der Waals surface area contributed by atoms with Crippen LogP contribution in [0.5, 0.6) is 0 Å². The summed E-state index contributed by atoms with van der Waals surface area (Å²) >= 11 is 0. The highest BCUT2D eigenvalue weighted by atomic mass is 17.2. The summed E-state index contributed by atoms with van der Waals surface area (Å²) < 4.78 is 4.86. The SMILES string of the molecule is C=C1CCC[C@H]2[C@](C)(CC[C@@]3(C)CC[C@H]([C@@H](C)C(=O)OC)OO3)[C@@H](C)CC[C@]12C. The number of fused-ring (bicyclic) bond motifs is 1. The second-order valence-corrected chi connectivity index (χ2v) is 10.9. The fourth-order valence-electron chi connectivity index (χ4n) is 6.48. The van der Waals surface area contributed by atoms with Crippen LogP contribution in [0.3, 0.4) is 0 Å². The van der Waals surface area contributed by atoms with E-state index in [4.69, 9.17) is 14.5 Å². The van der Waals surface area contributed by atoms with E-state index in [1.807, 2.05) is 6.92 Å². The Morgan fingerprint density at radius 1 is 1.21 bits per heavy atom. The van der Waals surface area contributed by atoms with E-state index in [0.29, 0.717) is 22.7 Å². The molecule has 7 atom stereocenters. The van der Waals surface area contributed by atoms with E-state index < -0.39 is 0 Å². The summed E-state index contributed by atoms with van der Waals surface area (Å²) in [6, 6.07) is 0. The molecule has 3 rings (SSSR count). The summed E-state index contributed by atoms with van der Waals surface area (Å²) in [6.07, 6.45) is 10.1. The number of hydrogen-bond acceptors (Lipinski definition) is 4. The summed E-state index contributed by atoms with van der Waals surface area (Å²) in [5, 5.41) is 0. The van der Waals surface area contributed by atoms with E-state index in [2.05, 4.69) is 34.3 Å². The number of esters is 1. The van der Waals surface area contributed by atoms with Crippen LogP contribution in [0, 0.1) is 28.6 Å². The van der Waals surface area contributed by atoms with Gasteiger partial charge in [0.15, 0.2) is 0 Å². The number of carbonyl (C=O) groups is 1. The molecule has 0 radical (unpaired) electrons. The van der Waals surface area contributed by atoms with Gasteiger partial charge in [-0.2, -0.15) is 0 Å². The van der Waals surface area contributed by atoms with Crippen LogP contribution in [0.4, 0.5) is 0 Å². The Labute approximate surface area is 177 Å². The highest BCUT2D eigenvalue weighted by Crippen LogP contribution is 2.63. The van der Waals surface area contributed by atoms with Crippen LogP contribution in [-0.4, -0.2) is 24.8 Å². The van der Waals surface area contributed by atoms with Gasteiger partial charge in [-0.15, -0.1) is 0 Å². The van der Waals surface area contributed by atoms with Gasteiger partial charge in [0.05, 0.1) is 13.0 Å². The molecule has 0 aromatic rings. The zero-order valence-electron chi connectivity index (χ0n) is 19.5. The molecule has 3 fully saturated rings. The first-order valence-corrected chi connectivity index (χ1v) is 11.7. The van der Waals surface area contributed by atoms with Crippen molar-refractivity contribution in [1.29, 1.82) is 0 Å². The zero-order valence-corrected chi connectivity index (χ0v) is 19.5. The van der Waals surface area contributed by atoms with E-state index >= 15 is 0 Å². The summed E-state index contributed by atoms with van der Waals surface area (Å²) in [6.45, 7) is 16.0. The molecule has 1 heterocycles. The molecule has 0 amide bonds. The Hall–Kier alpha value is -0.870. The highest BCUT2D eigenvalue weighted by Gasteiger charge is 2.54. The van der Waals surface area contributed by atoms with Gasteiger partial charge in [-0.3, -0.25) is 4.79 Å². The second kappa shape index (κ2) is 8.34. The van der Waals surface area contributed by atoms with Crippen LogP contribution in [0.1, 0.15) is 92.4 Å². The van der Waals surface area contributed by atoms with Crippen molar-refractivity contribution in [2.75, 3.05) is 7.11 Å². The van der Waals surface area contributed by atoms with E-state index in [9.17, 15) is 4.79 Å². The predicted octanol–water partition coefficient (Wildman–Crippen LogP) is 6.24. The maximum atomic E-state index is 11.8. The van der Waals surface area contributed by atoms with Gasteiger partial charge >= 0.3 is 5.97 Å². The van der Waals surface area contributed by atoms with Crippen LogP contribution >= 0.6 is 0 Å². The van der Waals surface area contributed by atoms with Gasteiger partial charge in [-0.05, 0) is 94.3 Å². The molecule has 0 unspecified atom stereocenters. The lowest BCUT2D eigenvalue weighted by Gasteiger charge is -2.59. The average Bonchev–Trinajstić information content (AvgIpc) is 2.71. The van der Waals surface area contributed by atoms with Gasteiger partial charge in [-0.1, -0.05) is 32.9 Å². The summed E-state index contributed by atoms with van der Waals surface area (Å²) in [4.78, 5) is 23.4. The number of rotatable bonds is 5. The van der Waals surface area contributed by atoms with Crippen LogP contribution in [0.25, 0.3) is 0 Å². The molecule has 0 N–H and O–H groups in total. The van der Waals surface area contributed by atoms with Crippen molar-refractivity contribution in [3.05, 3.63) is 12.2 Å². The Bertz CT molecular complexity index is 620. The number of allylic oxidation sites excluding steroid dienone is 1. The van der Waals surface area contributed by atoms with Crippen LogP contribution in [0.15, 0.2) is 12.2 Å². The molecular weight excluding hydrogens is 364 g/mol. The number of carbonyl (C=O) groups excluding carboxylic acids is 1. The Kier molecular flexibility index (Phi) is 6.56. The molecule has 4 heteroatoms. The van der Waals surface area contributed by atoms with Crippen molar-refractivity contribution in [2.45, 2.75) is 104 Å². The van der Waals surface area contributed by atoms with Crippen molar-refractivity contribution in [2.24, 2.45) is 28.6 Å². The minimum absolute atomic E-state index is 0.218. The number of methoxy groups -OCH3 is 1.